The summed E-state index contributed by atoms with van der Waals surface area (Å²) in [4.78, 5) is 17.1. The fraction of sp³-hybridized carbons (Fsp3) is 0.441. The number of hydrogen-bond donors (Lipinski definition) is 3. The van der Waals surface area contributed by atoms with Crippen molar-refractivity contribution in [3.05, 3.63) is 63.1 Å². The molecule has 228 valence electrons. The van der Waals surface area contributed by atoms with Gasteiger partial charge in [0.05, 0.1) is 39.5 Å². The number of nitrogens with two attached hydrogens (primary N) is 1. The zero-order valence-corrected chi connectivity index (χ0v) is 26.3. The van der Waals surface area contributed by atoms with E-state index in [2.05, 4.69) is 28.9 Å². The Morgan fingerprint density at radius 1 is 1.32 bits per heavy atom. The molecule has 4 fully saturated rings. The van der Waals surface area contributed by atoms with E-state index in [0.717, 1.165) is 29.6 Å². The highest BCUT2D eigenvalue weighted by Crippen LogP contribution is 2.60. The molecular formula is C34H34Cl2FN5O2. The minimum atomic E-state index is -0.968. The Morgan fingerprint density at radius 2 is 2.09 bits per heavy atom. The predicted octanol–water partition coefficient (Wildman–Crippen LogP) is 6.96. The van der Waals surface area contributed by atoms with E-state index in [9.17, 15) is 15.2 Å². The summed E-state index contributed by atoms with van der Waals surface area (Å²) in [6, 6.07) is 11.7. The van der Waals surface area contributed by atoms with Gasteiger partial charge < -0.3 is 20.7 Å². The summed E-state index contributed by atoms with van der Waals surface area (Å²) in [7, 11) is 0. The van der Waals surface area contributed by atoms with Gasteiger partial charge in [0.2, 0.25) is 5.91 Å². The van der Waals surface area contributed by atoms with Gasteiger partial charge in [0.15, 0.2) is 5.82 Å². The minimum absolute atomic E-state index is 0.00996. The zero-order chi connectivity index (χ0) is 31.2. The minimum Gasteiger partial charge on any atom is -0.387 e. The Balaban J connectivity index is 1.56. The molecule has 4 heterocycles. The monoisotopic (exact) mass is 633 g/mol. The highest BCUT2D eigenvalue weighted by Gasteiger charge is 2.58. The molecule has 44 heavy (non-hydrogen) atoms. The lowest BCUT2D eigenvalue weighted by Gasteiger charge is -2.39. The molecule has 2 aliphatic carbocycles. The number of hydrogen-bond acceptors (Lipinski definition) is 5. The highest BCUT2D eigenvalue weighted by atomic mass is 35.5. The number of rotatable bonds is 8. The number of nitrogens with one attached hydrogen (secondary N) is 1. The van der Waals surface area contributed by atoms with E-state index >= 15 is 4.39 Å². The number of pyridine rings is 1. The molecule has 10 heteroatoms. The number of aryl methyl sites for hydroxylation is 1. The third-order valence-corrected chi connectivity index (χ3v) is 11.4. The number of primary amides is 1. The van der Waals surface area contributed by atoms with Gasteiger partial charge in [0.25, 0.3) is 0 Å². The second kappa shape index (κ2) is 10.4. The van der Waals surface area contributed by atoms with Crippen LogP contribution in [0.1, 0.15) is 75.0 Å². The normalized spacial score (nSPS) is 26.9. The number of carbonyl (C=O) groups is 1. The van der Waals surface area contributed by atoms with Crippen LogP contribution in [0.4, 0.5) is 4.39 Å². The van der Waals surface area contributed by atoms with Gasteiger partial charge in [-0.05, 0) is 61.8 Å². The van der Waals surface area contributed by atoms with E-state index in [1.165, 1.54) is 0 Å². The van der Waals surface area contributed by atoms with Crippen LogP contribution in [0, 0.1) is 34.4 Å². The molecule has 0 radical (unpaired) electrons. The number of halogens is 3. The summed E-state index contributed by atoms with van der Waals surface area (Å²) in [5.74, 6) is -0.389. The maximum atomic E-state index is 17.0. The smallest absolute Gasteiger partial charge is 0.223 e. The molecule has 4 aliphatic rings. The maximum absolute atomic E-state index is 17.0. The largest absolute Gasteiger partial charge is 0.387 e. The SMILES string of the molecule is CC(O)c1nc2c(F)c(-c3cccc(Cl)c3Cl)c(CCC#N)cc2c2c1cc([C@H](C)C1CC1(C)C(N)=O)n2[C@H]1[C@H]2CN[C@@H]1C2. The lowest BCUT2D eigenvalue weighted by Crippen LogP contribution is -2.39. The highest BCUT2D eigenvalue weighted by molar-refractivity contribution is 6.43. The van der Waals surface area contributed by atoms with E-state index in [1.807, 2.05) is 13.0 Å². The van der Waals surface area contributed by atoms with Crippen LogP contribution in [0.5, 0.6) is 0 Å². The van der Waals surface area contributed by atoms with Gasteiger partial charge in [-0.3, -0.25) is 4.79 Å². The number of aromatic nitrogens is 2. The summed E-state index contributed by atoms with van der Waals surface area (Å²) in [5.41, 5.74) is 8.94. The third kappa shape index (κ3) is 4.20. The average Bonchev–Trinajstić information content (AvgIpc) is 3.34. The van der Waals surface area contributed by atoms with Gasteiger partial charge in [-0.2, -0.15) is 5.26 Å². The summed E-state index contributed by atoms with van der Waals surface area (Å²) >= 11 is 13.0. The third-order valence-electron chi connectivity index (χ3n) is 10.6. The number of benzene rings is 2. The fourth-order valence-electron chi connectivity index (χ4n) is 8.00. The molecule has 2 aromatic heterocycles. The molecule has 0 spiro atoms. The molecule has 1 amide bonds. The van der Waals surface area contributed by atoms with Crippen LogP contribution < -0.4 is 11.1 Å². The standard InChI is InChI=1S/C34H34Cl2FN5O2/c1-15(22-13-34(22,3)33(39)44)25-12-21-29(16(2)43)41-30-20(32(21)42(25)31-18-11-24(31)40-14-18)10-17(6-5-9-38)26(28(30)37)19-7-4-8-23(35)27(19)36/h4,7-8,10,12,15-16,18,22,24,31,40,43H,5-6,11,13-14H2,1-3H3,(H2,39,44)/t15-,16?,18-,22?,24-,31+,34?/m1/s1. The van der Waals surface area contributed by atoms with Crippen LogP contribution in [-0.4, -0.2) is 33.2 Å². The van der Waals surface area contributed by atoms with Gasteiger partial charge in [-0.15, -0.1) is 0 Å². The van der Waals surface area contributed by atoms with Crippen LogP contribution in [0.25, 0.3) is 32.9 Å². The van der Waals surface area contributed by atoms with Crippen molar-refractivity contribution in [3.8, 4) is 17.2 Å². The summed E-state index contributed by atoms with van der Waals surface area (Å²) in [6.45, 7) is 6.60. The van der Waals surface area contributed by atoms with Crippen molar-refractivity contribution in [2.45, 2.75) is 70.6 Å². The number of aliphatic hydroxyl groups is 1. The van der Waals surface area contributed by atoms with Crippen molar-refractivity contribution in [2.24, 2.45) is 23.0 Å². The molecule has 8 rings (SSSR count). The van der Waals surface area contributed by atoms with Crippen LogP contribution in [0.2, 0.25) is 10.0 Å². The molecule has 2 aliphatic heterocycles. The second-order valence-electron chi connectivity index (χ2n) is 13.1. The summed E-state index contributed by atoms with van der Waals surface area (Å²) < 4.78 is 19.4. The van der Waals surface area contributed by atoms with Crippen molar-refractivity contribution >= 4 is 50.9 Å². The van der Waals surface area contributed by atoms with Crippen molar-refractivity contribution in [2.75, 3.05) is 6.54 Å². The van der Waals surface area contributed by atoms with Crippen molar-refractivity contribution in [1.29, 1.82) is 5.26 Å². The molecule has 4 N–H and O–H groups in total. The topological polar surface area (TPSA) is 117 Å². The predicted molar refractivity (Wildman–Crippen MR) is 170 cm³/mol. The first-order valence-corrected chi connectivity index (χ1v) is 16.0. The van der Waals surface area contributed by atoms with E-state index in [4.69, 9.17) is 33.9 Å². The Labute approximate surface area is 265 Å². The van der Waals surface area contributed by atoms with Crippen LogP contribution in [-0.2, 0) is 11.2 Å². The lowest BCUT2D eigenvalue weighted by molar-refractivity contribution is -0.123. The van der Waals surface area contributed by atoms with E-state index in [1.54, 1.807) is 25.1 Å². The van der Waals surface area contributed by atoms with Gasteiger partial charge in [0, 0.05) is 57.9 Å². The first-order valence-electron chi connectivity index (χ1n) is 15.2. The van der Waals surface area contributed by atoms with Gasteiger partial charge in [-0.1, -0.05) is 49.2 Å². The first kappa shape index (κ1) is 29.5. The van der Waals surface area contributed by atoms with E-state index in [0.29, 0.717) is 46.0 Å². The van der Waals surface area contributed by atoms with E-state index < -0.39 is 17.3 Å². The van der Waals surface area contributed by atoms with Gasteiger partial charge in [-0.25, -0.2) is 9.37 Å². The molecule has 2 saturated heterocycles. The van der Waals surface area contributed by atoms with E-state index in [-0.39, 0.29) is 52.4 Å². The van der Waals surface area contributed by atoms with Gasteiger partial charge in [0.1, 0.15) is 5.52 Å². The molecule has 4 aromatic rings. The average molecular weight is 635 g/mol. The number of carbonyl (C=O) groups excluding carboxylic acids is 1. The molecule has 2 aromatic carbocycles. The number of nitriles is 1. The second-order valence-corrected chi connectivity index (χ2v) is 13.9. The number of amides is 1. The fourth-order valence-corrected chi connectivity index (χ4v) is 8.39. The van der Waals surface area contributed by atoms with Crippen molar-refractivity contribution in [3.63, 3.8) is 0 Å². The Hall–Kier alpha value is -3.22. The van der Waals surface area contributed by atoms with Crippen molar-refractivity contribution in [1.82, 2.24) is 14.9 Å². The lowest BCUT2D eigenvalue weighted by atomic mass is 9.79. The van der Waals surface area contributed by atoms with Crippen LogP contribution >= 0.6 is 23.2 Å². The number of nitrogens with zero attached hydrogens (tertiary/aromatic N) is 3. The Morgan fingerprint density at radius 3 is 2.70 bits per heavy atom. The maximum Gasteiger partial charge on any atom is 0.223 e. The Kier molecular flexibility index (Phi) is 6.98. The Bertz CT molecular complexity index is 1900. The molecule has 7 atom stereocenters. The molecule has 3 unspecified atom stereocenters. The molecule has 7 nitrogen and oxygen atoms in total. The van der Waals surface area contributed by atoms with Crippen molar-refractivity contribution < 1.29 is 14.3 Å². The molecular weight excluding hydrogens is 600 g/mol. The molecule has 2 bridgehead atoms. The zero-order valence-electron chi connectivity index (χ0n) is 24.8. The summed E-state index contributed by atoms with van der Waals surface area (Å²) in [5, 5.41) is 26.0. The molecule has 2 saturated carbocycles. The number of fused-ring (bicyclic) bond motifs is 4. The quantitative estimate of drug-likeness (QED) is 0.194. The summed E-state index contributed by atoms with van der Waals surface area (Å²) in [6.07, 6.45) is 1.29. The van der Waals surface area contributed by atoms with Crippen LogP contribution in [0.3, 0.4) is 0 Å². The first-order chi connectivity index (χ1) is 21.0. The van der Waals surface area contributed by atoms with Gasteiger partial charge >= 0.3 is 0 Å². The van der Waals surface area contributed by atoms with Crippen LogP contribution in [0.15, 0.2) is 30.3 Å². The number of aliphatic hydroxyl groups excluding tert-OH is 1.